The lowest BCUT2D eigenvalue weighted by Crippen LogP contribution is -2.44. The van der Waals surface area contributed by atoms with Crippen molar-refractivity contribution in [3.63, 3.8) is 0 Å². The molecule has 2 heterocycles. The van der Waals surface area contributed by atoms with Crippen LogP contribution in [-0.4, -0.2) is 61.6 Å². The van der Waals surface area contributed by atoms with E-state index in [4.69, 9.17) is 10.00 Å². The Labute approximate surface area is 172 Å². The Morgan fingerprint density at radius 1 is 1.52 bits per heavy atom. The van der Waals surface area contributed by atoms with E-state index < -0.39 is 18.2 Å². The lowest BCUT2D eigenvalue weighted by molar-refractivity contribution is 0.121. The highest BCUT2D eigenvalue weighted by molar-refractivity contribution is 8.02. The maximum absolute atomic E-state index is 13.3. The number of aromatic nitrogens is 1. The quantitative estimate of drug-likeness (QED) is 0.421. The molecule has 1 saturated heterocycles. The summed E-state index contributed by atoms with van der Waals surface area (Å²) in [6.45, 7) is 4.79. The summed E-state index contributed by atoms with van der Waals surface area (Å²) in [4.78, 5) is 20.7. The van der Waals surface area contributed by atoms with E-state index in [0.29, 0.717) is 30.4 Å². The Morgan fingerprint density at radius 3 is 2.79 bits per heavy atom. The van der Waals surface area contributed by atoms with Crippen LogP contribution in [0.5, 0.6) is 5.75 Å². The first kappa shape index (κ1) is 22.9. The second kappa shape index (κ2) is 11.6. The molecule has 0 aliphatic carbocycles. The summed E-state index contributed by atoms with van der Waals surface area (Å²) in [6.07, 6.45) is 1.99. The largest absolute Gasteiger partial charge is 0.490 e. The Balaban J connectivity index is 2.02. The molecule has 1 aliphatic heterocycles. The van der Waals surface area contributed by atoms with Crippen molar-refractivity contribution < 1.29 is 13.5 Å². The molecule has 1 aliphatic rings. The minimum Gasteiger partial charge on any atom is -0.490 e. The molecule has 0 aromatic carbocycles. The molecule has 1 aromatic heterocycles. The standard InChI is InChI=1S/C19H23F2N5O2S/c1-23-17(19(20)21)18(29-2)15(11-25-27)26-8-5-13(6-9-26)12-28-16-4-3-7-24-14(16)10-22/h3-4,7,13,15,19H,1,5-6,8-9,11-12H2,2H3/b18-17-. The molecule has 1 fully saturated rings. The van der Waals surface area contributed by atoms with E-state index in [9.17, 15) is 13.7 Å². The van der Waals surface area contributed by atoms with Crippen molar-refractivity contribution in [1.29, 1.82) is 5.26 Å². The molecule has 0 N–H and O–H groups in total. The number of nitriles is 1. The first-order valence-corrected chi connectivity index (χ1v) is 10.3. The maximum atomic E-state index is 13.3. The van der Waals surface area contributed by atoms with Crippen molar-refractivity contribution in [2.75, 3.05) is 32.5 Å². The Morgan fingerprint density at radius 2 is 2.24 bits per heavy atom. The lowest BCUT2D eigenvalue weighted by atomic mass is 9.96. The molecule has 0 bridgehead atoms. The third kappa shape index (κ3) is 6.05. The van der Waals surface area contributed by atoms with Crippen molar-refractivity contribution in [3.05, 3.63) is 39.5 Å². The molecule has 10 heteroatoms. The third-order valence-electron chi connectivity index (χ3n) is 4.84. The highest BCUT2D eigenvalue weighted by atomic mass is 32.2. The SMILES string of the molecule is C=N/C(=C(\SC)C(CN=O)N1CCC(COc2cccnc2C#N)CC1)C(F)F. The number of thioether (sulfide) groups is 1. The van der Waals surface area contributed by atoms with Crippen LogP contribution in [0.4, 0.5) is 8.78 Å². The van der Waals surface area contributed by atoms with E-state index in [0.717, 1.165) is 24.6 Å². The van der Waals surface area contributed by atoms with Crippen molar-refractivity contribution in [1.82, 2.24) is 9.88 Å². The van der Waals surface area contributed by atoms with Crippen LogP contribution in [0.3, 0.4) is 0 Å². The molecular weight excluding hydrogens is 400 g/mol. The lowest BCUT2D eigenvalue weighted by Gasteiger charge is -2.37. The number of piperidine rings is 1. The Hall–Kier alpha value is -2.38. The van der Waals surface area contributed by atoms with E-state index in [1.165, 1.54) is 6.20 Å². The average Bonchev–Trinajstić information content (AvgIpc) is 2.75. The van der Waals surface area contributed by atoms with Crippen molar-refractivity contribution >= 4 is 18.5 Å². The van der Waals surface area contributed by atoms with Gasteiger partial charge < -0.3 is 4.74 Å². The molecule has 1 unspecified atom stereocenters. The fraction of sp³-hybridized carbons (Fsp3) is 0.526. The molecule has 156 valence electrons. The second-order valence-electron chi connectivity index (χ2n) is 6.49. The monoisotopic (exact) mass is 423 g/mol. The number of likely N-dealkylation sites (tertiary alicyclic amines) is 1. The van der Waals surface area contributed by atoms with Crippen LogP contribution in [0.1, 0.15) is 18.5 Å². The minimum atomic E-state index is -2.76. The van der Waals surface area contributed by atoms with Gasteiger partial charge in [0.25, 0.3) is 6.43 Å². The first-order valence-electron chi connectivity index (χ1n) is 9.09. The van der Waals surface area contributed by atoms with E-state index in [-0.39, 0.29) is 18.2 Å². The van der Waals surface area contributed by atoms with E-state index in [1.54, 1.807) is 18.4 Å². The number of halogens is 2. The predicted octanol–water partition coefficient (Wildman–Crippen LogP) is 3.72. The number of ether oxygens (including phenoxy) is 1. The summed E-state index contributed by atoms with van der Waals surface area (Å²) >= 11 is 1.15. The summed E-state index contributed by atoms with van der Waals surface area (Å²) in [5.41, 5.74) is -0.148. The predicted molar refractivity (Wildman–Crippen MR) is 109 cm³/mol. The van der Waals surface area contributed by atoms with E-state index in [2.05, 4.69) is 21.9 Å². The molecule has 2 rings (SSSR count). The number of aliphatic imine (C=N–C) groups is 1. The van der Waals surface area contributed by atoms with Crippen molar-refractivity contribution in [2.24, 2.45) is 16.1 Å². The molecule has 7 nitrogen and oxygen atoms in total. The normalized spacial score (nSPS) is 17.3. The molecular formula is C19H23F2N5O2S. The summed E-state index contributed by atoms with van der Waals surface area (Å²) in [5.74, 6) is 0.698. The number of hydrogen-bond donors (Lipinski definition) is 0. The number of rotatable bonds is 10. The average molecular weight is 423 g/mol. The van der Waals surface area contributed by atoms with Crippen LogP contribution in [0.25, 0.3) is 0 Å². The summed E-state index contributed by atoms with van der Waals surface area (Å²) < 4.78 is 32.4. The Kier molecular flexibility index (Phi) is 9.15. The number of pyridine rings is 1. The van der Waals surface area contributed by atoms with Crippen LogP contribution in [0, 0.1) is 22.2 Å². The van der Waals surface area contributed by atoms with Gasteiger partial charge in [-0.25, -0.2) is 13.8 Å². The summed E-state index contributed by atoms with van der Waals surface area (Å²) in [5, 5.41) is 12.0. The fourth-order valence-electron chi connectivity index (χ4n) is 3.33. The van der Waals surface area contributed by atoms with Gasteiger partial charge in [0, 0.05) is 11.1 Å². The highest BCUT2D eigenvalue weighted by Crippen LogP contribution is 2.32. The second-order valence-corrected chi connectivity index (χ2v) is 7.34. The van der Waals surface area contributed by atoms with Gasteiger partial charge in [-0.05, 0) is 57.0 Å². The zero-order valence-electron chi connectivity index (χ0n) is 16.1. The van der Waals surface area contributed by atoms with Crippen LogP contribution < -0.4 is 4.74 Å². The van der Waals surface area contributed by atoms with Gasteiger partial charge in [0.05, 0.1) is 12.6 Å². The van der Waals surface area contributed by atoms with Gasteiger partial charge in [-0.2, -0.15) is 10.2 Å². The van der Waals surface area contributed by atoms with Crippen LogP contribution >= 0.6 is 11.8 Å². The molecule has 0 saturated carbocycles. The van der Waals surface area contributed by atoms with Gasteiger partial charge in [-0.1, -0.05) is 5.18 Å². The fourth-order valence-corrected chi connectivity index (χ4v) is 4.19. The number of nitroso groups, excluding NO2 is 1. The van der Waals surface area contributed by atoms with Crippen LogP contribution in [0.2, 0.25) is 0 Å². The molecule has 1 atom stereocenters. The van der Waals surface area contributed by atoms with Gasteiger partial charge in [-0.15, -0.1) is 11.8 Å². The third-order valence-corrected chi connectivity index (χ3v) is 5.76. The molecule has 29 heavy (non-hydrogen) atoms. The zero-order chi connectivity index (χ0) is 21.2. The minimum absolute atomic E-state index is 0.121. The number of alkyl halides is 2. The van der Waals surface area contributed by atoms with Crippen LogP contribution in [-0.2, 0) is 0 Å². The molecule has 0 radical (unpaired) electrons. The zero-order valence-corrected chi connectivity index (χ0v) is 16.9. The van der Waals surface area contributed by atoms with Gasteiger partial charge in [0.15, 0.2) is 11.4 Å². The van der Waals surface area contributed by atoms with Gasteiger partial charge >= 0.3 is 0 Å². The number of nitrogens with zero attached hydrogens (tertiary/aromatic N) is 5. The highest BCUT2D eigenvalue weighted by Gasteiger charge is 2.31. The van der Waals surface area contributed by atoms with E-state index >= 15 is 0 Å². The van der Waals surface area contributed by atoms with Crippen molar-refractivity contribution in [3.8, 4) is 11.8 Å². The smallest absolute Gasteiger partial charge is 0.281 e. The van der Waals surface area contributed by atoms with Gasteiger partial charge in [0.1, 0.15) is 18.3 Å². The van der Waals surface area contributed by atoms with Gasteiger partial charge in [0.2, 0.25) is 0 Å². The maximum Gasteiger partial charge on any atom is 0.281 e. The molecule has 1 aromatic rings. The number of hydrogen-bond acceptors (Lipinski definition) is 8. The van der Waals surface area contributed by atoms with E-state index in [1.807, 2.05) is 11.0 Å². The Bertz CT molecular complexity index is 776. The molecule has 0 amide bonds. The first-order chi connectivity index (χ1) is 14.0. The van der Waals surface area contributed by atoms with Crippen LogP contribution in [0.15, 0.2) is 39.1 Å². The summed E-state index contributed by atoms with van der Waals surface area (Å²) in [6, 6.07) is 4.87. The summed E-state index contributed by atoms with van der Waals surface area (Å²) in [7, 11) is 0. The topological polar surface area (TPSA) is 90.9 Å². The number of allylic oxidation sites excluding steroid dienone is 1. The molecule has 0 spiro atoms. The van der Waals surface area contributed by atoms with Gasteiger partial charge in [-0.3, -0.25) is 9.89 Å². The van der Waals surface area contributed by atoms with Crippen molar-refractivity contribution in [2.45, 2.75) is 25.3 Å².